The molecule has 0 aliphatic carbocycles. The zero-order valence-electron chi connectivity index (χ0n) is 12.3. The number of hydrogen-bond acceptors (Lipinski definition) is 3. The lowest BCUT2D eigenvalue weighted by molar-refractivity contribution is -0.000566. The summed E-state index contributed by atoms with van der Waals surface area (Å²) >= 11 is 0. The van der Waals surface area contributed by atoms with Gasteiger partial charge in [0.2, 0.25) is 0 Å². The van der Waals surface area contributed by atoms with Gasteiger partial charge in [0.25, 0.3) is 0 Å². The van der Waals surface area contributed by atoms with Crippen molar-refractivity contribution >= 4 is 16.8 Å². The van der Waals surface area contributed by atoms with E-state index in [1.807, 2.05) is 20.8 Å². The van der Waals surface area contributed by atoms with Gasteiger partial charge in [-0.1, -0.05) is 26.8 Å². The van der Waals surface area contributed by atoms with E-state index in [-0.39, 0.29) is 11.5 Å². The smallest absolute Gasteiger partial charge is 0.338 e. The Morgan fingerprint density at radius 1 is 1.45 bits per heavy atom. The SMILES string of the molecule is C#CC[C@@H](OC(=O)c1cccc([S@](C)=O)c1)C(C)(C)C. The highest BCUT2D eigenvalue weighted by atomic mass is 32.2. The summed E-state index contributed by atoms with van der Waals surface area (Å²) in [6.07, 6.45) is 6.91. The number of rotatable bonds is 4. The summed E-state index contributed by atoms with van der Waals surface area (Å²) in [5, 5.41) is 0. The Morgan fingerprint density at radius 3 is 2.60 bits per heavy atom. The summed E-state index contributed by atoms with van der Waals surface area (Å²) in [6.45, 7) is 5.92. The van der Waals surface area contributed by atoms with Crippen molar-refractivity contribution in [2.45, 2.75) is 38.2 Å². The Kier molecular flexibility index (Phi) is 5.52. The molecular formula is C16H20O3S. The molecule has 0 bridgehead atoms. The van der Waals surface area contributed by atoms with E-state index < -0.39 is 16.8 Å². The van der Waals surface area contributed by atoms with Crippen molar-refractivity contribution < 1.29 is 13.7 Å². The van der Waals surface area contributed by atoms with Crippen LogP contribution in [0.2, 0.25) is 0 Å². The van der Waals surface area contributed by atoms with Gasteiger partial charge in [-0.25, -0.2) is 4.79 Å². The molecule has 0 amide bonds. The summed E-state index contributed by atoms with van der Waals surface area (Å²) in [7, 11) is -1.13. The average molecular weight is 292 g/mol. The number of benzene rings is 1. The second-order valence-electron chi connectivity index (χ2n) is 5.65. The highest BCUT2D eigenvalue weighted by Gasteiger charge is 2.28. The fraction of sp³-hybridized carbons (Fsp3) is 0.438. The minimum absolute atomic E-state index is 0.229. The summed E-state index contributed by atoms with van der Waals surface area (Å²) in [4.78, 5) is 12.8. The van der Waals surface area contributed by atoms with Crippen LogP contribution in [0.1, 0.15) is 37.6 Å². The number of carbonyl (C=O) groups is 1. The largest absolute Gasteiger partial charge is 0.457 e. The first kappa shape index (κ1) is 16.5. The number of hydrogen-bond donors (Lipinski definition) is 0. The number of ether oxygens (including phenoxy) is 1. The number of carbonyl (C=O) groups excluding carboxylic acids is 1. The summed E-state index contributed by atoms with van der Waals surface area (Å²) in [6, 6.07) is 6.65. The van der Waals surface area contributed by atoms with E-state index >= 15 is 0 Å². The van der Waals surface area contributed by atoms with Gasteiger partial charge in [0.15, 0.2) is 0 Å². The Morgan fingerprint density at radius 2 is 2.10 bits per heavy atom. The topological polar surface area (TPSA) is 43.4 Å². The molecule has 0 aliphatic heterocycles. The molecule has 0 fully saturated rings. The van der Waals surface area contributed by atoms with E-state index in [4.69, 9.17) is 11.2 Å². The summed E-state index contributed by atoms with van der Waals surface area (Å²) in [5.74, 6) is 2.10. The van der Waals surface area contributed by atoms with E-state index in [0.717, 1.165) is 0 Å². The zero-order valence-corrected chi connectivity index (χ0v) is 13.1. The van der Waals surface area contributed by atoms with Crippen LogP contribution in [-0.2, 0) is 15.5 Å². The lowest BCUT2D eigenvalue weighted by atomic mass is 9.87. The van der Waals surface area contributed by atoms with Crippen molar-refractivity contribution in [1.82, 2.24) is 0 Å². The standard InChI is InChI=1S/C16H20O3S/c1-6-8-14(16(2,3)4)19-15(17)12-9-7-10-13(11-12)20(5)18/h1,7,9-11,14H,8H2,2-5H3/t14-,20+/m1/s1. The molecule has 0 heterocycles. The van der Waals surface area contributed by atoms with E-state index in [9.17, 15) is 9.00 Å². The Labute approximate surface area is 123 Å². The molecule has 1 aromatic carbocycles. The highest BCUT2D eigenvalue weighted by molar-refractivity contribution is 7.84. The molecule has 1 rings (SSSR count). The quantitative estimate of drug-likeness (QED) is 0.633. The molecule has 0 unspecified atom stereocenters. The predicted molar refractivity (Wildman–Crippen MR) is 80.9 cm³/mol. The van der Waals surface area contributed by atoms with Crippen LogP contribution in [0.5, 0.6) is 0 Å². The van der Waals surface area contributed by atoms with Crippen LogP contribution in [0.3, 0.4) is 0 Å². The second kappa shape index (κ2) is 6.71. The van der Waals surface area contributed by atoms with Crippen LogP contribution in [-0.4, -0.2) is 22.5 Å². The minimum atomic E-state index is -1.13. The van der Waals surface area contributed by atoms with E-state index in [2.05, 4.69) is 5.92 Å². The minimum Gasteiger partial charge on any atom is -0.457 e. The third kappa shape index (κ3) is 4.50. The highest BCUT2D eigenvalue weighted by Crippen LogP contribution is 2.25. The van der Waals surface area contributed by atoms with Crippen LogP contribution in [0.4, 0.5) is 0 Å². The monoisotopic (exact) mass is 292 g/mol. The average Bonchev–Trinajstić information content (AvgIpc) is 2.37. The molecule has 108 valence electrons. The van der Waals surface area contributed by atoms with Gasteiger partial charge < -0.3 is 4.74 Å². The molecule has 0 aromatic heterocycles. The molecule has 3 nitrogen and oxygen atoms in total. The van der Waals surface area contributed by atoms with Gasteiger partial charge in [-0.2, -0.15) is 0 Å². The van der Waals surface area contributed by atoms with Crippen LogP contribution in [0.15, 0.2) is 29.2 Å². The van der Waals surface area contributed by atoms with Gasteiger partial charge in [0, 0.05) is 28.4 Å². The first-order chi connectivity index (χ1) is 9.25. The van der Waals surface area contributed by atoms with Crippen molar-refractivity contribution in [1.29, 1.82) is 0 Å². The number of esters is 1. The lowest BCUT2D eigenvalue weighted by Crippen LogP contribution is -2.31. The van der Waals surface area contributed by atoms with Crippen LogP contribution in [0, 0.1) is 17.8 Å². The van der Waals surface area contributed by atoms with Crippen molar-refractivity contribution in [3.63, 3.8) is 0 Å². The van der Waals surface area contributed by atoms with Crippen molar-refractivity contribution in [2.24, 2.45) is 5.41 Å². The molecule has 0 saturated carbocycles. The molecule has 20 heavy (non-hydrogen) atoms. The van der Waals surface area contributed by atoms with Crippen LogP contribution >= 0.6 is 0 Å². The molecule has 0 aliphatic rings. The predicted octanol–water partition coefficient (Wildman–Crippen LogP) is 3.02. The molecule has 0 spiro atoms. The Hall–Kier alpha value is -1.60. The maximum Gasteiger partial charge on any atom is 0.338 e. The first-order valence-electron chi connectivity index (χ1n) is 6.33. The van der Waals surface area contributed by atoms with Gasteiger partial charge in [-0.3, -0.25) is 4.21 Å². The molecule has 0 N–H and O–H groups in total. The van der Waals surface area contributed by atoms with Gasteiger partial charge in [0.1, 0.15) is 6.10 Å². The molecule has 0 radical (unpaired) electrons. The first-order valence-corrected chi connectivity index (χ1v) is 7.89. The van der Waals surface area contributed by atoms with Gasteiger partial charge in [-0.15, -0.1) is 12.3 Å². The van der Waals surface area contributed by atoms with E-state index in [0.29, 0.717) is 16.9 Å². The molecule has 1 aromatic rings. The molecule has 4 heteroatoms. The third-order valence-electron chi connectivity index (χ3n) is 2.92. The fourth-order valence-electron chi connectivity index (χ4n) is 1.63. The molecule has 0 saturated heterocycles. The Balaban J connectivity index is 2.92. The van der Waals surface area contributed by atoms with E-state index in [1.54, 1.807) is 30.5 Å². The van der Waals surface area contributed by atoms with Gasteiger partial charge in [0.05, 0.1) is 5.56 Å². The van der Waals surface area contributed by atoms with Crippen LogP contribution in [0.25, 0.3) is 0 Å². The normalized spacial score (nSPS) is 14.2. The van der Waals surface area contributed by atoms with Crippen molar-refractivity contribution in [2.75, 3.05) is 6.26 Å². The van der Waals surface area contributed by atoms with Crippen LogP contribution < -0.4 is 0 Å². The third-order valence-corrected chi connectivity index (χ3v) is 3.84. The lowest BCUT2D eigenvalue weighted by Gasteiger charge is -2.28. The van der Waals surface area contributed by atoms with Crippen molar-refractivity contribution in [3.8, 4) is 12.3 Å². The maximum absolute atomic E-state index is 12.2. The Bertz CT molecular complexity index is 550. The van der Waals surface area contributed by atoms with E-state index in [1.165, 1.54) is 0 Å². The van der Waals surface area contributed by atoms with Gasteiger partial charge >= 0.3 is 5.97 Å². The number of terminal acetylenes is 1. The fourth-order valence-corrected chi connectivity index (χ4v) is 2.19. The van der Waals surface area contributed by atoms with Gasteiger partial charge in [-0.05, 0) is 23.6 Å². The summed E-state index contributed by atoms with van der Waals surface area (Å²) in [5.41, 5.74) is 0.164. The zero-order chi connectivity index (χ0) is 15.3. The summed E-state index contributed by atoms with van der Waals surface area (Å²) < 4.78 is 16.9. The maximum atomic E-state index is 12.2. The molecular weight excluding hydrogens is 272 g/mol. The van der Waals surface area contributed by atoms with Crippen molar-refractivity contribution in [3.05, 3.63) is 29.8 Å². The second-order valence-corrected chi connectivity index (χ2v) is 7.03. The molecule has 2 atom stereocenters.